The van der Waals surface area contributed by atoms with Gasteiger partial charge in [-0.1, -0.05) is 35.0 Å². The number of thioether (sulfide) groups is 1. The summed E-state index contributed by atoms with van der Waals surface area (Å²) in [5.41, 5.74) is 1.29. The number of anilines is 1. The summed E-state index contributed by atoms with van der Waals surface area (Å²) in [6, 6.07) is 10.2. The third-order valence-electron chi connectivity index (χ3n) is 3.57. The zero-order chi connectivity index (χ0) is 20.1. The minimum Gasteiger partial charge on any atom is -0.497 e. The van der Waals surface area contributed by atoms with Crippen LogP contribution in [0.5, 0.6) is 11.5 Å². The number of carbonyl (C=O) groups excluding carboxylic acids is 1. The van der Waals surface area contributed by atoms with Crippen molar-refractivity contribution < 1.29 is 14.3 Å². The van der Waals surface area contributed by atoms with Gasteiger partial charge in [0, 0.05) is 27.4 Å². The second-order valence-electron chi connectivity index (χ2n) is 5.56. The van der Waals surface area contributed by atoms with E-state index >= 15 is 0 Å². The van der Waals surface area contributed by atoms with E-state index in [1.54, 1.807) is 38.5 Å². The molecule has 0 fully saturated rings. The highest BCUT2D eigenvalue weighted by Crippen LogP contribution is 2.29. The van der Waals surface area contributed by atoms with Gasteiger partial charge in [-0.3, -0.25) is 9.89 Å². The Morgan fingerprint density at radius 3 is 2.32 bits per heavy atom. The van der Waals surface area contributed by atoms with Crippen molar-refractivity contribution in [3.05, 3.63) is 46.4 Å². The van der Waals surface area contributed by atoms with E-state index in [2.05, 4.69) is 20.5 Å². The molecule has 0 saturated carbocycles. The maximum Gasteiger partial charge on any atom is 0.234 e. The van der Waals surface area contributed by atoms with Gasteiger partial charge in [0.2, 0.25) is 11.1 Å². The summed E-state index contributed by atoms with van der Waals surface area (Å²) in [5.74, 6) is 1.72. The van der Waals surface area contributed by atoms with Gasteiger partial charge in [0.05, 0.1) is 20.0 Å². The molecule has 2 aromatic carbocycles. The molecule has 1 amide bonds. The van der Waals surface area contributed by atoms with E-state index in [-0.39, 0.29) is 11.7 Å². The highest BCUT2D eigenvalue weighted by Gasteiger charge is 2.12. The number of aromatic amines is 1. The number of hydrogen-bond donors (Lipinski definition) is 2. The van der Waals surface area contributed by atoms with E-state index in [9.17, 15) is 4.79 Å². The molecule has 0 aliphatic rings. The molecule has 10 heteroatoms. The number of nitrogens with zero attached hydrogens (tertiary/aromatic N) is 2. The molecule has 0 radical (unpaired) electrons. The number of carbonyl (C=O) groups is 1. The summed E-state index contributed by atoms with van der Waals surface area (Å²) in [6.45, 7) is 0. The second kappa shape index (κ2) is 9.18. The first-order valence-corrected chi connectivity index (χ1v) is 9.75. The summed E-state index contributed by atoms with van der Waals surface area (Å²) < 4.78 is 10.5. The Morgan fingerprint density at radius 2 is 1.71 bits per heavy atom. The van der Waals surface area contributed by atoms with Crippen molar-refractivity contribution in [2.75, 3.05) is 25.3 Å². The van der Waals surface area contributed by atoms with Crippen LogP contribution in [0, 0.1) is 0 Å². The Hall–Kier alpha value is -2.42. The van der Waals surface area contributed by atoms with Crippen molar-refractivity contribution in [1.82, 2.24) is 15.2 Å². The van der Waals surface area contributed by atoms with Crippen LogP contribution < -0.4 is 14.8 Å². The van der Waals surface area contributed by atoms with Gasteiger partial charge in [0.25, 0.3) is 0 Å². The number of methoxy groups -OCH3 is 2. The zero-order valence-electron chi connectivity index (χ0n) is 15.0. The highest BCUT2D eigenvalue weighted by atomic mass is 35.5. The summed E-state index contributed by atoms with van der Waals surface area (Å²) in [7, 11) is 3.15. The zero-order valence-corrected chi connectivity index (χ0v) is 17.3. The van der Waals surface area contributed by atoms with Gasteiger partial charge in [0.1, 0.15) is 11.5 Å². The summed E-state index contributed by atoms with van der Waals surface area (Å²) in [4.78, 5) is 16.5. The van der Waals surface area contributed by atoms with Gasteiger partial charge in [-0.2, -0.15) is 0 Å². The van der Waals surface area contributed by atoms with E-state index in [1.807, 2.05) is 12.1 Å². The molecule has 0 aliphatic heterocycles. The predicted molar refractivity (Wildman–Crippen MR) is 111 cm³/mol. The topological polar surface area (TPSA) is 89.1 Å². The first-order valence-electron chi connectivity index (χ1n) is 8.01. The average molecular weight is 439 g/mol. The number of benzene rings is 2. The maximum atomic E-state index is 12.1. The number of ether oxygens (including phenoxy) is 2. The number of H-pyrrole nitrogens is 1. The summed E-state index contributed by atoms with van der Waals surface area (Å²) >= 11 is 13.1. The molecule has 0 spiro atoms. The van der Waals surface area contributed by atoms with Crippen LogP contribution in [0.2, 0.25) is 10.0 Å². The molecule has 146 valence electrons. The molecule has 0 bridgehead atoms. The number of rotatable bonds is 7. The molecule has 3 aromatic rings. The van der Waals surface area contributed by atoms with Crippen molar-refractivity contribution in [3.8, 4) is 22.9 Å². The molecular formula is C18H16Cl2N4O3S. The van der Waals surface area contributed by atoms with Crippen LogP contribution >= 0.6 is 35.0 Å². The van der Waals surface area contributed by atoms with Gasteiger partial charge < -0.3 is 14.8 Å². The third-order valence-corrected chi connectivity index (χ3v) is 4.85. The number of amides is 1. The van der Waals surface area contributed by atoms with Crippen LogP contribution in [0.15, 0.2) is 41.6 Å². The fourth-order valence-electron chi connectivity index (χ4n) is 2.34. The largest absolute Gasteiger partial charge is 0.497 e. The maximum absolute atomic E-state index is 12.1. The van der Waals surface area contributed by atoms with Gasteiger partial charge in [-0.15, -0.1) is 5.10 Å². The molecule has 28 heavy (non-hydrogen) atoms. The van der Waals surface area contributed by atoms with Crippen LogP contribution in [0.1, 0.15) is 0 Å². The van der Waals surface area contributed by atoms with E-state index in [1.165, 1.54) is 11.8 Å². The number of nitrogens with one attached hydrogen (secondary N) is 2. The molecule has 0 aliphatic carbocycles. The second-order valence-corrected chi connectivity index (χ2v) is 7.38. The molecule has 1 heterocycles. The Kier molecular flexibility index (Phi) is 6.66. The molecular weight excluding hydrogens is 423 g/mol. The van der Waals surface area contributed by atoms with Crippen molar-refractivity contribution in [2.45, 2.75) is 5.16 Å². The number of halogens is 2. The molecule has 2 N–H and O–H groups in total. The van der Waals surface area contributed by atoms with Gasteiger partial charge >= 0.3 is 0 Å². The highest BCUT2D eigenvalue weighted by molar-refractivity contribution is 7.99. The van der Waals surface area contributed by atoms with Gasteiger partial charge in [-0.25, -0.2) is 4.98 Å². The normalized spacial score (nSPS) is 10.6. The van der Waals surface area contributed by atoms with Crippen molar-refractivity contribution in [3.63, 3.8) is 0 Å². The fourth-order valence-corrected chi connectivity index (χ4v) is 3.46. The van der Waals surface area contributed by atoms with Crippen molar-refractivity contribution in [2.24, 2.45) is 0 Å². The smallest absolute Gasteiger partial charge is 0.234 e. The van der Waals surface area contributed by atoms with Crippen molar-refractivity contribution >= 4 is 46.6 Å². The van der Waals surface area contributed by atoms with Crippen LogP contribution in [-0.4, -0.2) is 41.1 Å². The Morgan fingerprint density at radius 1 is 1.07 bits per heavy atom. The van der Waals surface area contributed by atoms with Crippen LogP contribution in [0.3, 0.4) is 0 Å². The monoisotopic (exact) mass is 438 g/mol. The lowest BCUT2D eigenvalue weighted by Gasteiger charge is -2.06. The standard InChI is InChI=1S/C18H16Cl2N4O3S/c1-26-14-3-10(4-15(8-14)27-2)17-22-18(24-23-17)28-9-16(25)21-13-6-11(19)5-12(20)7-13/h3-8H,9H2,1-2H3,(H,21,25)(H,22,23,24). The number of hydrogen-bond acceptors (Lipinski definition) is 6. The molecule has 0 saturated heterocycles. The minimum absolute atomic E-state index is 0.128. The predicted octanol–water partition coefficient (Wildman–Crippen LogP) is 4.53. The Balaban J connectivity index is 1.64. The lowest BCUT2D eigenvalue weighted by Crippen LogP contribution is -2.14. The SMILES string of the molecule is COc1cc(OC)cc(-c2nc(SCC(=O)Nc3cc(Cl)cc(Cl)c3)n[nH]2)c1. The first kappa shape index (κ1) is 20.3. The van der Waals surface area contributed by atoms with Gasteiger partial charge in [0.15, 0.2) is 5.82 Å². The number of aromatic nitrogens is 3. The fraction of sp³-hybridized carbons (Fsp3) is 0.167. The van der Waals surface area contributed by atoms with Crippen LogP contribution in [0.4, 0.5) is 5.69 Å². The van der Waals surface area contributed by atoms with Gasteiger partial charge in [-0.05, 0) is 30.3 Å². The molecule has 0 unspecified atom stereocenters. The molecule has 3 rings (SSSR count). The van der Waals surface area contributed by atoms with Crippen molar-refractivity contribution in [1.29, 1.82) is 0 Å². The quantitative estimate of drug-likeness (QED) is 0.526. The Bertz CT molecular complexity index is 954. The van der Waals surface area contributed by atoms with E-state index in [0.717, 1.165) is 5.56 Å². The Labute approximate surface area is 175 Å². The molecule has 0 atom stereocenters. The lowest BCUT2D eigenvalue weighted by molar-refractivity contribution is -0.113. The summed E-state index contributed by atoms with van der Waals surface area (Å²) in [6.07, 6.45) is 0. The third kappa shape index (κ3) is 5.31. The van der Waals surface area contributed by atoms with Crippen LogP contribution in [0.25, 0.3) is 11.4 Å². The lowest BCUT2D eigenvalue weighted by atomic mass is 10.2. The first-order chi connectivity index (χ1) is 13.5. The molecule has 1 aromatic heterocycles. The molecule has 7 nitrogen and oxygen atoms in total. The van der Waals surface area contributed by atoms with E-state index in [0.29, 0.717) is 38.2 Å². The average Bonchev–Trinajstić information content (AvgIpc) is 3.14. The summed E-state index contributed by atoms with van der Waals surface area (Å²) in [5, 5.41) is 11.1. The van der Waals surface area contributed by atoms with Crippen LogP contribution in [-0.2, 0) is 4.79 Å². The van der Waals surface area contributed by atoms with E-state index in [4.69, 9.17) is 32.7 Å². The van der Waals surface area contributed by atoms with E-state index < -0.39 is 0 Å². The minimum atomic E-state index is -0.224.